The number of aromatic nitrogens is 3. The number of hydrogen-bond donors (Lipinski definition) is 1. The molecule has 0 saturated carbocycles. The number of carbonyl (C=O) groups excluding carboxylic acids is 2. The molecule has 1 aromatic heterocycles. The van der Waals surface area contributed by atoms with Crippen LogP contribution in [0.5, 0.6) is 0 Å². The van der Waals surface area contributed by atoms with Crippen LogP contribution >= 0.6 is 11.8 Å². The maximum atomic E-state index is 12.4. The summed E-state index contributed by atoms with van der Waals surface area (Å²) in [6.45, 7) is 4.02. The van der Waals surface area contributed by atoms with E-state index >= 15 is 0 Å². The summed E-state index contributed by atoms with van der Waals surface area (Å²) in [6.07, 6.45) is 0.0839. The number of Topliss-reactive ketones (excluding diaryl/α,β-unsaturated/α-hetero) is 1. The molecule has 1 amide bonds. The molecule has 0 aliphatic carbocycles. The lowest BCUT2D eigenvalue weighted by atomic mass is 10.1. The first-order valence-corrected chi connectivity index (χ1v) is 10.3. The van der Waals surface area contributed by atoms with Crippen molar-refractivity contribution in [1.82, 2.24) is 14.8 Å². The Morgan fingerprint density at radius 3 is 2.50 bits per heavy atom. The van der Waals surface area contributed by atoms with Crippen molar-refractivity contribution >= 4 is 29.1 Å². The van der Waals surface area contributed by atoms with Gasteiger partial charge >= 0.3 is 0 Å². The van der Waals surface area contributed by atoms with Crippen LogP contribution in [0, 0.1) is 25.2 Å². The molecule has 2 aromatic carbocycles. The largest absolute Gasteiger partial charge is 0.326 e. The van der Waals surface area contributed by atoms with Gasteiger partial charge < -0.3 is 9.88 Å². The number of rotatable bonds is 7. The number of nitriles is 1. The smallest absolute Gasteiger partial charge is 0.232 e. The number of nitrogens with zero attached hydrogens (tertiary/aromatic N) is 4. The molecule has 0 atom stereocenters. The number of anilines is 1. The van der Waals surface area contributed by atoms with E-state index in [1.807, 2.05) is 38.1 Å². The van der Waals surface area contributed by atoms with Crippen LogP contribution in [0.3, 0.4) is 0 Å². The Labute approximate surface area is 179 Å². The minimum absolute atomic E-state index is 0.0680. The molecule has 7 nitrogen and oxygen atoms in total. The number of aryl methyl sites for hydroxylation is 2. The molecular weight excluding hydrogens is 398 g/mol. The molecule has 0 aliphatic rings. The van der Waals surface area contributed by atoms with Crippen LogP contribution in [0.4, 0.5) is 5.69 Å². The molecule has 3 aromatic rings. The van der Waals surface area contributed by atoms with Gasteiger partial charge in [-0.25, -0.2) is 0 Å². The van der Waals surface area contributed by atoms with Gasteiger partial charge in [-0.3, -0.25) is 9.59 Å². The fourth-order valence-corrected chi connectivity index (χ4v) is 3.56. The van der Waals surface area contributed by atoms with Crippen molar-refractivity contribution in [1.29, 1.82) is 5.26 Å². The van der Waals surface area contributed by atoms with Crippen LogP contribution in [0.15, 0.2) is 47.6 Å². The van der Waals surface area contributed by atoms with Crippen molar-refractivity contribution < 1.29 is 9.59 Å². The molecular formula is C22H21N5O2S. The van der Waals surface area contributed by atoms with Crippen molar-refractivity contribution in [2.45, 2.75) is 25.4 Å². The molecule has 152 valence electrons. The first-order chi connectivity index (χ1) is 14.4. The molecule has 0 fully saturated rings. The molecule has 0 saturated heterocycles. The van der Waals surface area contributed by atoms with Gasteiger partial charge in [0.05, 0.1) is 23.8 Å². The quantitative estimate of drug-likeness (QED) is 0.465. The van der Waals surface area contributed by atoms with E-state index in [-0.39, 0.29) is 23.9 Å². The lowest BCUT2D eigenvalue weighted by Gasteiger charge is -2.08. The molecule has 1 N–H and O–H groups in total. The highest BCUT2D eigenvalue weighted by Gasteiger charge is 2.15. The van der Waals surface area contributed by atoms with Gasteiger partial charge in [0.25, 0.3) is 0 Å². The molecule has 3 rings (SSSR count). The number of nitrogens with one attached hydrogen (secondary N) is 1. The highest BCUT2D eigenvalue weighted by atomic mass is 32.2. The van der Waals surface area contributed by atoms with Crippen molar-refractivity contribution in [3.63, 3.8) is 0 Å². The lowest BCUT2D eigenvalue weighted by molar-refractivity contribution is -0.115. The Balaban J connectivity index is 1.58. The van der Waals surface area contributed by atoms with Crippen molar-refractivity contribution in [3.05, 3.63) is 70.5 Å². The number of carbonyl (C=O) groups is 2. The molecule has 0 unspecified atom stereocenters. The normalized spacial score (nSPS) is 10.5. The Morgan fingerprint density at radius 1 is 1.10 bits per heavy atom. The SMILES string of the molecule is Cc1ccc(NC(=O)Cc2nnc(SCC(=O)c3ccc(C#N)cc3)n2C)cc1C. The van der Waals surface area contributed by atoms with E-state index in [1.54, 1.807) is 35.9 Å². The Morgan fingerprint density at radius 2 is 1.83 bits per heavy atom. The maximum Gasteiger partial charge on any atom is 0.232 e. The van der Waals surface area contributed by atoms with Gasteiger partial charge in [0, 0.05) is 18.3 Å². The van der Waals surface area contributed by atoms with Crippen LogP contribution < -0.4 is 5.32 Å². The monoisotopic (exact) mass is 419 g/mol. The topological polar surface area (TPSA) is 101 Å². The third-order valence-corrected chi connectivity index (χ3v) is 5.72. The van der Waals surface area contributed by atoms with E-state index in [0.29, 0.717) is 22.1 Å². The molecule has 0 aliphatic heterocycles. The Bertz CT molecular complexity index is 1130. The second kappa shape index (κ2) is 9.37. The van der Waals surface area contributed by atoms with E-state index in [1.165, 1.54) is 17.3 Å². The van der Waals surface area contributed by atoms with E-state index in [4.69, 9.17) is 5.26 Å². The number of thioether (sulfide) groups is 1. The molecule has 8 heteroatoms. The Hall–Kier alpha value is -3.44. The van der Waals surface area contributed by atoms with Crippen LogP contribution in [-0.2, 0) is 18.3 Å². The van der Waals surface area contributed by atoms with Crippen molar-refractivity contribution in [2.75, 3.05) is 11.1 Å². The second-order valence-electron chi connectivity index (χ2n) is 6.88. The standard InChI is InChI=1S/C22H21N5O2S/c1-14-4-9-18(10-15(14)2)24-21(29)11-20-25-26-22(27(20)3)30-13-19(28)17-7-5-16(12-23)6-8-17/h4-10H,11,13H2,1-3H3,(H,24,29). The molecule has 0 spiro atoms. The van der Waals surface area contributed by atoms with Gasteiger partial charge in [0.2, 0.25) is 5.91 Å². The summed E-state index contributed by atoms with van der Waals surface area (Å²) in [5.41, 5.74) is 4.07. The van der Waals surface area contributed by atoms with Gasteiger partial charge in [-0.15, -0.1) is 10.2 Å². The fraction of sp³-hybridized carbons (Fsp3) is 0.227. The molecule has 0 radical (unpaired) electrons. The third-order valence-electron chi connectivity index (χ3n) is 4.70. The first-order valence-electron chi connectivity index (χ1n) is 9.29. The van der Waals surface area contributed by atoms with Crippen LogP contribution in [0.25, 0.3) is 0 Å². The summed E-state index contributed by atoms with van der Waals surface area (Å²) in [6, 6.07) is 14.3. The van der Waals surface area contributed by atoms with Gasteiger partial charge in [0.1, 0.15) is 5.82 Å². The van der Waals surface area contributed by atoms with Crippen LogP contribution in [0.1, 0.15) is 32.9 Å². The number of benzene rings is 2. The first kappa shape index (κ1) is 21.3. The van der Waals surface area contributed by atoms with E-state index in [0.717, 1.165) is 11.3 Å². The zero-order chi connectivity index (χ0) is 21.7. The average Bonchev–Trinajstić information content (AvgIpc) is 3.08. The third kappa shape index (κ3) is 5.13. The zero-order valence-corrected chi connectivity index (χ0v) is 17.8. The van der Waals surface area contributed by atoms with Gasteiger partial charge in [-0.2, -0.15) is 5.26 Å². The second-order valence-corrected chi connectivity index (χ2v) is 7.83. The summed E-state index contributed by atoms with van der Waals surface area (Å²) in [7, 11) is 1.77. The average molecular weight is 420 g/mol. The highest BCUT2D eigenvalue weighted by molar-refractivity contribution is 7.99. The minimum Gasteiger partial charge on any atom is -0.326 e. The lowest BCUT2D eigenvalue weighted by Crippen LogP contribution is -2.17. The van der Waals surface area contributed by atoms with E-state index < -0.39 is 0 Å². The summed E-state index contributed by atoms with van der Waals surface area (Å²) >= 11 is 1.26. The van der Waals surface area contributed by atoms with Crippen LogP contribution in [0.2, 0.25) is 0 Å². The summed E-state index contributed by atoms with van der Waals surface area (Å²) in [5, 5.41) is 20.4. The summed E-state index contributed by atoms with van der Waals surface area (Å²) < 4.78 is 1.72. The van der Waals surface area contributed by atoms with Crippen LogP contribution in [-0.4, -0.2) is 32.2 Å². The van der Waals surface area contributed by atoms with E-state index in [9.17, 15) is 9.59 Å². The summed E-state index contributed by atoms with van der Waals surface area (Å²) in [5.74, 6) is 0.456. The van der Waals surface area contributed by atoms with Crippen molar-refractivity contribution in [2.24, 2.45) is 7.05 Å². The van der Waals surface area contributed by atoms with Gasteiger partial charge in [0.15, 0.2) is 10.9 Å². The zero-order valence-electron chi connectivity index (χ0n) is 17.0. The molecule has 30 heavy (non-hydrogen) atoms. The highest BCUT2D eigenvalue weighted by Crippen LogP contribution is 2.19. The molecule has 0 bridgehead atoms. The minimum atomic E-state index is -0.182. The van der Waals surface area contributed by atoms with E-state index in [2.05, 4.69) is 15.5 Å². The number of hydrogen-bond acceptors (Lipinski definition) is 6. The summed E-state index contributed by atoms with van der Waals surface area (Å²) in [4.78, 5) is 24.7. The predicted octanol–water partition coefficient (Wildman–Crippen LogP) is 3.46. The van der Waals surface area contributed by atoms with Crippen molar-refractivity contribution in [3.8, 4) is 6.07 Å². The van der Waals surface area contributed by atoms with Gasteiger partial charge in [-0.05, 0) is 49.2 Å². The fourth-order valence-electron chi connectivity index (χ4n) is 2.74. The Kier molecular flexibility index (Phi) is 6.65. The predicted molar refractivity (Wildman–Crippen MR) is 115 cm³/mol. The molecule has 1 heterocycles. The van der Waals surface area contributed by atoms with Gasteiger partial charge in [-0.1, -0.05) is 30.0 Å². The number of amides is 1. The maximum absolute atomic E-state index is 12.4. The number of ketones is 1.